The number of rotatable bonds is 3. The standard InChI is InChI=1S/C43H26N2O2/c1-3-11-27(12-4-1)36-26-37(45-42(44-36)28-13-5-2-6-14-28)29-19-20-30-35(25-29)43(34-21-22-38-31(41(30)34)23-24-46-38)32-15-7-9-17-39(32)47-40-18-10-8-16-33(40)43/h1-26H. The van der Waals surface area contributed by atoms with Gasteiger partial charge in [-0.05, 0) is 58.7 Å². The van der Waals surface area contributed by atoms with Crippen LogP contribution < -0.4 is 4.74 Å². The van der Waals surface area contributed by atoms with Crippen molar-refractivity contribution in [1.82, 2.24) is 9.97 Å². The summed E-state index contributed by atoms with van der Waals surface area (Å²) in [5.74, 6) is 2.42. The van der Waals surface area contributed by atoms with E-state index in [-0.39, 0.29) is 0 Å². The first-order valence-electron chi connectivity index (χ1n) is 15.8. The lowest BCUT2D eigenvalue weighted by Crippen LogP contribution is -2.32. The summed E-state index contributed by atoms with van der Waals surface area (Å²) in [6.45, 7) is 0. The van der Waals surface area contributed by atoms with Gasteiger partial charge in [-0.15, -0.1) is 0 Å². The lowest BCUT2D eigenvalue weighted by Gasteiger charge is -2.39. The van der Waals surface area contributed by atoms with E-state index in [1.165, 1.54) is 22.3 Å². The largest absolute Gasteiger partial charge is 0.464 e. The van der Waals surface area contributed by atoms with Gasteiger partial charge in [-0.3, -0.25) is 0 Å². The van der Waals surface area contributed by atoms with E-state index < -0.39 is 5.41 Å². The number of aromatic nitrogens is 2. The fourth-order valence-electron chi connectivity index (χ4n) is 7.67. The molecule has 3 heterocycles. The molecular formula is C43H26N2O2. The summed E-state index contributed by atoms with van der Waals surface area (Å²) < 4.78 is 12.5. The van der Waals surface area contributed by atoms with Crippen LogP contribution in [-0.2, 0) is 5.41 Å². The molecule has 1 aliphatic heterocycles. The molecule has 8 aromatic rings. The smallest absolute Gasteiger partial charge is 0.160 e. The zero-order valence-corrected chi connectivity index (χ0v) is 25.2. The molecule has 0 amide bonds. The van der Waals surface area contributed by atoms with Crippen LogP contribution in [0.5, 0.6) is 11.5 Å². The minimum atomic E-state index is -0.602. The number of benzene rings is 6. The molecule has 0 fully saturated rings. The minimum absolute atomic E-state index is 0.602. The predicted molar refractivity (Wildman–Crippen MR) is 185 cm³/mol. The third kappa shape index (κ3) is 3.70. The normalized spacial score (nSPS) is 13.4. The van der Waals surface area contributed by atoms with E-state index in [4.69, 9.17) is 19.1 Å². The summed E-state index contributed by atoms with van der Waals surface area (Å²) in [6.07, 6.45) is 1.78. The quantitative estimate of drug-likeness (QED) is 0.202. The highest BCUT2D eigenvalue weighted by Crippen LogP contribution is 2.63. The molecule has 220 valence electrons. The van der Waals surface area contributed by atoms with Crippen LogP contribution in [0.15, 0.2) is 162 Å². The van der Waals surface area contributed by atoms with Crippen molar-refractivity contribution in [3.05, 3.63) is 180 Å². The average molecular weight is 603 g/mol. The summed E-state index contributed by atoms with van der Waals surface area (Å²) in [5.41, 5.74) is 12.1. The Bertz CT molecular complexity index is 2400. The van der Waals surface area contributed by atoms with Gasteiger partial charge in [-0.1, -0.05) is 115 Å². The van der Waals surface area contributed by atoms with Crippen LogP contribution in [0.25, 0.3) is 56.0 Å². The van der Waals surface area contributed by atoms with Crippen LogP contribution in [0.1, 0.15) is 22.3 Å². The SMILES string of the molecule is c1ccc(-c2cc(-c3ccc4c(c3)C3(c5ccccc5Oc5ccccc53)c3ccc5occc5c3-4)nc(-c3ccccc3)n2)cc1. The van der Waals surface area contributed by atoms with Gasteiger partial charge in [0.2, 0.25) is 0 Å². The third-order valence-electron chi connectivity index (χ3n) is 9.66. The number of fused-ring (bicyclic) bond motifs is 11. The van der Waals surface area contributed by atoms with E-state index in [2.05, 4.69) is 103 Å². The second-order valence-electron chi connectivity index (χ2n) is 12.1. The van der Waals surface area contributed by atoms with E-state index in [1.807, 2.05) is 48.5 Å². The van der Waals surface area contributed by atoms with Crippen LogP contribution in [0.3, 0.4) is 0 Å². The zero-order valence-electron chi connectivity index (χ0n) is 25.2. The van der Waals surface area contributed by atoms with Crippen LogP contribution in [0.4, 0.5) is 0 Å². The van der Waals surface area contributed by atoms with Crippen LogP contribution >= 0.6 is 0 Å². The van der Waals surface area contributed by atoms with Crippen molar-refractivity contribution in [2.24, 2.45) is 0 Å². The van der Waals surface area contributed by atoms with Gasteiger partial charge in [0, 0.05) is 33.2 Å². The summed E-state index contributed by atoms with van der Waals surface area (Å²) in [4.78, 5) is 10.2. The molecule has 10 rings (SSSR count). The number of para-hydroxylation sites is 2. The molecule has 0 N–H and O–H groups in total. The van der Waals surface area contributed by atoms with Crippen LogP contribution in [0, 0.1) is 0 Å². The van der Waals surface area contributed by atoms with Crippen molar-refractivity contribution in [2.75, 3.05) is 0 Å². The molecule has 2 aromatic heterocycles. The van der Waals surface area contributed by atoms with Crippen molar-refractivity contribution in [2.45, 2.75) is 5.41 Å². The van der Waals surface area contributed by atoms with Gasteiger partial charge in [-0.25, -0.2) is 9.97 Å². The van der Waals surface area contributed by atoms with Crippen LogP contribution in [-0.4, -0.2) is 9.97 Å². The first-order chi connectivity index (χ1) is 23.3. The fraction of sp³-hybridized carbons (Fsp3) is 0.0233. The monoisotopic (exact) mass is 602 g/mol. The molecule has 0 atom stereocenters. The summed E-state index contributed by atoms with van der Waals surface area (Å²) >= 11 is 0. The van der Waals surface area contributed by atoms with Gasteiger partial charge in [0.05, 0.1) is 23.1 Å². The molecule has 4 heteroatoms. The Balaban J connectivity index is 1.29. The van der Waals surface area contributed by atoms with Crippen molar-refractivity contribution < 1.29 is 9.15 Å². The van der Waals surface area contributed by atoms with Crippen molar-refractivity contribution >= 4 is 11.0 Å². The highest BCUT2D eigenvalue weighted by Gasteiger charge is 2.51. The molecule has 0 saturated carbocycles. The summed E-state index contributed by atoms with van der Waals surface area (Å²) in [7, 11) is 0. The number of ether oxygens (including phenoxy) is 1. The van der Waals surface area contributed by atoms with E-state index >= 15 is 0 Å². The second-order valence-corrected chi connectivity index (χ2v) is 12.1. The third-order valence-corrected chi connectivity index (χ3v) is 9.66. The van der Waals surface area contributed by atoms with Crippen molar-refractivity contribution in [3.63, 3.8) is 0 Å². The summed E-state index contributed by atoms with van der Waals surface area (Å²) in [5, 5.41) is 1.11. The Hall–Kier alpha value is -6.26. The first kappa shape index (κ1) is 26.0. The van der Waals surface area contributed by atoms with Crippen LogP contribution in [0.2, 0.25) is 0 Å². The highest BCUT2D eigenvalue weighted by atomic mass is 16.5. The van der Waals surface area contributed by atoms with Gasteiger partial charge < -0.3 is 9.15 Å². The van der Waals surface area contributed by atoms with E-state index in [0.717, 1.165) is 61.7 Å². The van der Waals surface area contributed by atoms with Gasteiger partial charge in [0.15, 0.2) is 5.82 Å². The van der Waals surface area contributed by atoms with E-state index in [1.54, 1.807) is 6.26 Å². The number of furan rings is 1. The van der Waals surface area contributed by atoms with Gasteiger partial charge in [0.25, 0.3) is 0 Å². The van der Waals surface area contributed by atoms with E-state index in [0.29, 0.717) is 5.82 Å². The van der Waals surface area contributed by atoms with Gasteiger partial charge in [-0.2, -0.15) is 0 Å². The maximum Gasteiger partial charge on any atom is 0.160 e. The topological polar surface area (TPSA) is 48.2 Å². The molecule has 0 bridgehead atoms. The molecule has 0 unspecified atom stereocenters. The Morgan fingerprint density at radius 2 is 1.11 bits per heavy atom. The molecule has 1 aliphatic carbocycles. The Labute approximate surface area is 271 Å². The Morgan fingerprint density at radius 3 is 1.83 bits per heavy atom. The lowest BCUT2D eigenvalue weighted by molar-refractivity contribution is 0.436. The molecule has 0 radical (unpaired) electrons. The highest BCUT2D eigenvalue weighted by molar-refractivity contribution is 6.03. The lowest BCUT2D eigenvalue weighted by atomic mass is 9.66. The molecule has 47 heavy (non-hydrogen) atoms. The maximum absolute atomic E-state index is 6.57. The molecule has 6 aromatic carbocycles. The molecular weight excluding hydrogens is 576 g/mol. The van der Waals surface area contributed by atoms with Gasteiger partial charge in [0.1, 0.15) is 17.1 Å². The number of hydrogen-bond donors (Lipinski definition) is 0. The molecule has 0 saturated heterocycles. The van der Waals surface area contributed by atoms with E-state index in [9.17, 15) is 0 Å². The Morgan fingerprint density at radius 1 is 0.468 bits per heavy atom. The van der Waals surface area contributed by atoms with Gasteiger partial charge >= 0.3 is 0 Å². The first-order valence-corrected chi connectivity index (χ1v) is 15.8. The Kier molecular flexibility index (Phi) is 5.46. The van der Waals surface area contributed by atoms with Crippen molar-refractivity contribution in [3.8, 4) is 56.5 Å². The van der Waals surface area contributed by atoms with Crippen molar-refractivity contribution in [1.29, 1.82) is 0 Å². The zero-order chi connectivity index (χ0) is 31.0. The second kappa shape index (κ2) is 9.87. The number of nitrogens with zero attached hydrogens (tertiary/aromatic N) is 2. The molecule has 4 nitrogen and oxygen atoms in total. The predicted octanol–water partition coefficient (Wildman–Crippen LogP) is 10.7. The fourth-order valence-corrected chi connectivity index (χ4v) is 7.67. The maximum atomic E-state index is 6.57. The average Bonchev–Trinajstić information content (AvgIpc) is 3.74. The summed E-state index contributed by atoms with van der Waals surface area (Å²) in [6, 6.07) is 52.8. The minimum Gasteiger partial charge on any atom is -0.464 e. The molecule has 1 spiro atoms. The molecule has 2 aliphatic rings. The number of hydrogen-bond acceptors (Lipinski definition) is 4.